The summed E-state index contributed by atoms with van der Waals surface area (Å²) >= 11 is 0. The molecule has 150 valence electrons. The van der Waals surface area contributed by atoms with Crippen LogP contribution in [0.1, 0.15) is 87.5 Å². The first-order valence-corrected chi connectivity index (χ1v) is 11.3. The fourth-order valence-electron chi connectivity index (χ4n) is 4.85. The van der Waals surface area contributed by atoms with E-state index in [0.29, 0.717) is 12.8 Å². The molecule has 0 fully saturated rings. The number of terminal acetylenes is 2. The third kappa shape index (κ3) is 4.28. The quantitative estimate of drug-likeness (QED) is 0.295. The largest absolute Gasteiger partial charge is 0.120 e. The zero-order valence-corrected chi connectivity index (χ0v) is 18.2. The second-order valence-corrected chi connectivity index (χ2v) is 8.52. The fraction of sp³-hybridized carbons (Fsp3) is 0.448. The summed E-state index contributed by atoms with van der Waals surface area (Å²) in [4.78, 5) is 0. The molecule has 0 aromatic heterocycles. The van der Waals surface area contributed by atoms with Gasteiger partial charge in [-0.25, -0.2) is 0 Å². The molecule has 0 atom stereocenters. The van der Waals surface area contributed by atoms with E-state index in [2.05, 4.69) is 62.1 Å². The van der Waals surface area contributed by atoms with E-state index in [0.717, 1.165) is 12.8 Å². The average Bonchev–Trinajstić information content (AvgIpc) is 2.98. The Kier molecular flexibility index (Phi) is 7.23. The van der Waals surface area contributed by atoms with Crippen LogP contribution in [0.5, 0.6) is 0 Å². The van der Waals surface area contributed by atoms with E-state index >= 15 is 0 Å². The molecule has 1 aliphatic rings. The maximum absolute atomic E-state index is 5.89. The summed E-state index contributed by atoms with van der Waals surface area (Å²) in [6.45, 7) is 4.50. The molecule has 0 saturated heterocycles. The second kappa shape index (κ2) is 9.85. The zero-order valence-electron chi connectivity index (χ0n) is 18.2. The summed E-state index contributed by atoms with van der Waals surface area (Å²) in [6.07, 6.45) is 22.9. The first-order valence-electron chi connectivity index (χ1n) is 11.3. The Morgan fingerprint density at radius 2 is 1.14 bits per heavy atom. The minimum atomic E-state index is -0.240. The van der Waals surface area contributed by atoms with Crippen LogP contribution in [0, 0.1) is 24.7 Å². The van der Waals surface area contributed by atoms with E-state index in [1.807, 2.05) is 0 Å². The lowest BCUT2D eigenvalue weighted by molar-refractivity contribution is 0.558. The molecule has 0 amide bonds. The van der Waals surface area contributed by atoms with Crippen molar-refractivity contribution in [1.82, 2.24) is 0 Å². The molecule has 0 saturated carbocycles. The number of fused-ring (bicyclic) bond motifs is 3. The molecule has 0 bridgehead atoms. The summed E-state index contributed by atoms with van der Waals surface area (Å²) < 4.78 is 0. The Bertz CT molecular complexity index is 839. The predicted molar refractivity (Wildman–Crippen MR) is 126 cm³/mol. The predicted octanol–water partition coefficient (Wildman–Crippen LogP) is 7.47. The monoisotopic (exact) mass is 382 g/mol. The summed E-state index contributed by atoms with van der Waals surface area (Å²) in [7, 11) is 0. The van der Waals surface area contributed by atoms with Crippen molar-refractivity contribution in [1.29, 1.82) is 0 Å². The first kappa shape index (κ1) is 21.3. The Hall–Kier alpha value is -2.44. The van der Waals surface area contributed by atoms with Gasteiger partial charge < -0.3 is 0 Å². The van der Waals surface area contributed by atoms with Crippen LogP contribution >= 0.6 is 0 Å². The van der Waals surface area contributed by atoms with Crippen LogP contribution in [-0.2, 0) is 18.3 Å². The van der Waals surface area contributed by atoms with Gasteiger partial charge in [0.25, 0.3) is 0 Å². The van der Waals surface area contributed by atoms with Crippen LogP contribution in [-0.4, -0.2) is 0 Å². The van der Waals surface area contributed by atoms with Gasteiger partial charge in [-0.2, -0.15) is 0 Å². The maximum atomic E-state index is 5.89. The summed E-state index contributed by atoms with van der Waals surface area (Å²) in [5.41, 5.74) is 7.93. The van der Waals surface area contributed by atoms with E-state index in [1.165, 1.54) is 71.9 Å². The van der Waals surface area contributed by atoms with E-state index < -0.39 is 0 Å². The number of hydrogen-bond donors (Lipinski definition) is 0. The van der Waals surface area contributed by atoms with Crippen molar-refractivity contribution in [2.75, 3.05) is 0 Å². The van der Waals surface area contributed by atoms with Crippen molar-refractivity contribution in [3.8, 4) is 35.8 Å². The second-order valence-electron chi connectivity index (χ2n) is 8.52. The topological polar surface area (TPSA) is 0 Å². The number of rotatable bonds is 10. The van der Waals surface area contributed by atoms with Gasteiger partial charge >= 0.3 is 0 Å². The lowest BCUT2D eigenvalue weighted by Gasteiger charge is -2.29. The lowest BCUT2D eigenvalue weighted by Crippen LogP contribution is -2.24. The van der Waals surface area contributed by atoms with Crippen LogP contribution in [0.3, 0.4) is 0 Å². The SMILES string of the molecule is C#CCC1(CC#C)c2cc(CCCCC)ccc2-c2ccc(CCCCC)cc21. The Balaban J connectivity index is 2.06. The highest BCUT2D eigenvalue weighted by Crippen LogP contribution is 2.53. The molecule has 2 aromatic carbocycles. The van der Waals surface area contributed by atoms with Crippen molar-refractivity contribution in [2.45, 2.75) is 83.5 Å². The molecular formula is C29H34. The number of hydrogen-bond acceptors (Lipinski definition) is 0. The van der Waals surface area contributed by atoms with Crippen molar-refractivity contribution < 1.29 is 0 Å². The van der Waals surface area contributed by atoms with Gasteiger partial charge in [-0.15, -0.1) is 24.7 Å². The van der Waals surface area contributed by atoms with Crippen molar-refractivity contribution >= 4 is 0 Å². The summed E-state index contributed by atoms with van der Waals surface area (Å²) in [6, 6.07) is 14.0. The standard InChI is InChI=1S/C29H34/c1-5-9-11-13-23-15-17-25-26-18-16-24(14-12-10-6-2)22-28(26)29(19-7-3,20-8-4)27(25)21-23/h3-4,15-18,21-22H,5-6,9-14,19-20H2,1-2H3. The third-order valence-corrected chi connectivity index (χ3v) is 6.43. The molecule has 0 nitrogen and oxygen atoms in total. The molecule has 0 N–H and O–H groups in total. The van der Waals surface area contributed by atoms with E-state index in [-0.39, 0.29) is 5.41 Å². The van der Waals surface area contributed by atoms with Gasteiger partial charge in [0.2, 0.25) is 0 Å². The van der Waals surface area contributed by atoms with Gasteiger partial charge in [-0.05, 0) is 59.1 Å². The highest BCUT2D eigenvalue weighted by molar-refractivity contribution is 5.82. The molecule has 1 aliphatic carbocycles. The molecule has 0 heterocycles. The van der Waals surface area contributed by atoms with Gasteiger partial charge in [0, 0.05) is 18.3 Å². The zero-order chi connectivity index (χ0) is 20.7. The first-order chi connectivity index (χ1) is 14.2. The van der Waals surface area contributed by atoms with Gasteiger partial charge in [-0.3, -0.25) is 0 Å². The smallest absolute Gasteiger partial charge is 0.0433 e. The van der Waals surface area contributed by atoms with Crippen LogP contribution in [0.25, 0.3) is 11.1 Å². The number of unbranched alkanes of at least 4 members (excludes halogenated alkanes) is 4. The van der Waals surface area contributed by atoms with E-state index in [4.69, 9.17) is 12.8 Å². The lowest BCUT2D eigenvalue weighted by atomic mass is 9.72. The molecule has 0 aliphatic heterocycles. The molecule has 0 heteroatoms. The molecule has 0 spiro atoms. The highest BCUT2D eigenvalue weighted by atomic mass is 14.4. The molecular weight excluding hydrogens is 348 g/mol. The van der Waals surface area contributed by atoms with Crippen molar-refractivity contribution in [3.63, 3.8) is 0 Å². The Labute approximate surface area is 178 Å². The van der Waals surface area contributed by atoms with Crippen LogP contribution < -0.4 is 0 Å². The molecule has 0 radical (unpaired) electrons. The van der Waals surface area contributed by atoms with Crippen molar-refractivity contribution in [2.24, 2.45) is 0 Å². The molecule has 0 unspecified atom stereocenters. The minimum absolute atomic E-state index is 0.240. The number of aryl methyl sites for hydroxylation is 2. The summed E-state index contributed by atoms with van der Waals surface area (Å²) in [5, 5.41) is 0. The van der Waals surface area contributed by atoms with Crippen molar-refractivity contribution in [3.05, 3.63) is 58.7 Å². The molecule has 29 heavy (non-hydrogen) atoms. The van der Waals surface area contributed by atoms with Gasteiger partial charge in [0.1, 0.15) is 0 Å². The van der Waals surface area contributed by atoms with E-state index in [1.54, 1.807) is 0 Å². The van der Waals surface area contributed by atoms with Crippen LogP contribution in [0.4, 0.5) is 0 Å². The maximum Gasteiger partial charge on any atom is 0.0433 e. The highest BCUT2D eigenvalue weighted by Gasteiger charge is 2.42. The van der Waals surface area contributed by atoms with Gasteiger partial charge in [0.05, 0.1) is 0 Å². The summed E-state index contributed by atoms with van der Waals surface area (Å²) in [5.74, 6) is 5.93. The van der Waals surface area contributed by atoms with Crippen LogP contribution in [0.15, 0.2) is 36.4 Å². The van der Waals surface area contributed by atoms with Gasteiger partial charge in [0.15, 0.2) is 0 Å². The fourth-order valence-corrected chi connectivity index (χ4v) is 4.85. The normalized spacial score (nSPS) is 13.4. The van der Waals surface area contributed by atoms with Crippen LogP contribution in [0.2, 0.25) is 0 Å². The number of benzene rings is 2. The Morgan fingerprint density at radius 1 is 0.690 bits per heavy atom. The molecule has 2 aromatic rings. The minimum Gasteiger partial charge on any atom is -0.120 e. The van der Waals surface area contributed by atoms with E-state index in [9.17, 15) is 0 Å². The molecule has 3 rings (SSSR count). The third-order valence-electron chi connectivity index (χ3n) is 6.43. The Morgan fingerprint density at radius 3 is 1.52 bits per heavy atom. The van der Waals surface area contributed by atoms with Gasteiger partial charge in [-0.1, -0.05) is 75.9 Å². The average molecular weight is 383 g/mol.